The zero-order valence-corrected chi connectivity index (χ0v) is 20.7. The normalized spacial score (nSPS) is 11.7. The Bertz CT molecular complexity index is 2180. The molecule has 0 saturated carbocycles. The minimum absolute atomic E-state index is 0.299. The lowest BCUT2D eigenvalue weighted by atomic mass is 10.1. The molecule has 0 amide bonds. The van der Waals surface area contributed by atoms with Gasteiger partial charge in [0.05, 0.1) is 22.1 Å². The Labute approximate surface area is 222 Å². The van der Waals surface area contributed by atoms with Crippen LogP contribution in [0.15, 0.2) is 122 Å². The van der Waals surface area contributed by atoms with Crippen LogP contribution in [-0.4, -0.2) is 24.1 Å². The molecule has 5 aromatic carbocycles. The molecule has 3 heterocycles. The Morgan fingerprint density at radius 3 is 1.79 bits per heavy atom. The first kappa shape index (κ1) is 21.7. The van der Waals surface area contributed by atoms with Crippen LogP contribution in [0.2, 0.25) is 0 Å². The third-order valence-electron chi connectivity index (χ3n) is 7.34. The van der Waals surface area contributed by atoms with Crippen molar-refractivity contribution in [2.45, 2.75) is 0 Å². The molecule has 39 heavy (non-hydrogen) atoms. The van der Waals surface area contributed by atoms with E-state index in [2.05, 4.69) is 98.0 Å². The van der Waals surface area contributed by atoms with Gasteiger partial charge >= 0.3 is 0 Å². The summed E-state index contributed by atoms with van der Waals surface area (Å²) in [7, 11) is 0. The molecule has 0 saturated heterocycles. The number of hydrogen-bond donors (Lipinski definition) is 0. The van der Waals surface area contributed by atoms with E-state index in [9.17, 15) is 4.39 Å². The molecule has 0 fully saturated rings. The summed E-state index contributed by atoms with van der Waals surface area (Å²) >= 11 is 0. The average molecular weight is 506 g/mol. The molecular weight excluding hydrogens is 485 g/mol. The van der Waals surface area contributed by atoms with E-state index < -0.39 is 0 Å². The number of halogens is 1. The fourth-order valence-corrected chi connectivity index (χ4v) is 5.69. The molecule has 5 nitrogen and oxygen atoms in total. The van der Waals surface area contributed by atoms with Crippen molar-refractivity contribution in [3.8, 4) is 23.0 Å². The molecule has 0 radical (unpaired) electrons. The molecule has 0 N–H and O–H groups in total. The second-order valence-corrected chi connectivity index (χ2v) is 9.51. The molecule has 8 rings (SSSR count). The van der Waals surface area contributed by atoms with Crippen LogP contribution in [-0.2, 0) is 0 Å². The van der Waals surface area contributed by atoms with Crippen molar-refractivity contribution < 1.29 is 4.39 Å². The third kappa shape index (κ3) is 3.21. The molecule has 0 aliphatic carbocycles. The monoisotopic (exact) mass is 505 g/mol. The number of nitrogens with zero attached hydrogens (tertiary/aromatic N) is 5. The molecule has 8 aromatic rings. The average Bonchev–Trinajstić information content (AvgIpc) is 3.51. The Hall–Kier alpha value is -5.36. The van der Waals surface area contributed by atoms with E-state index in [0.29, 0.717) is 11.8 Å². The summed E-state index contributed by atoms with van der Waals surface area (Å²) in [5.74, 6) is 0.696. The Kier molecular flexibility index (Phi) is 4.63. The van der Waals surface area contributed by atoms with Crippen LogP contribution in [0.3, 0.4) is 0 Å². The first-order valence-corrected chi connectivity index (χ1v) is 12.7. The second-order valence-electron chi connectivity index (χ2n) is 9.51. The van der Waals surface area contributed by atoms with Crippen LogP contribution >= 0.6 is 0 Å². The predicted molar refractivity (Wildman–Crippen MR) is 154 cm³/mol. The largest absolute Gasteiger partial charge is 0.307 e. The van der Waals surface area contributed by atoms with E-state index in [0.717, 1.165) is 49.5 Å². The van der Waals surface area contributed by atoms with E-state index in [-0.39, 0.29) is 5.82 Å². The molecule has 184 valence electrons. The molecule has 0 aliphatic rings. The van der Waals surface area contributed by atoms with E-state index in [1.165, 1.54) is 23.8 Å². The van der Waals surface area contributed by atoms with Crippen molar-refractivity contribution in [2.75, 3.05) is 0 Å². The van der Waals surface area contributed by atoms with Gasteiger partial charge in [-0.05, 0) is 48.5 Å². The van der Waals surface area contributed by atoms with Gasteiger partial charge < -0.3 is 4.57 Å². The summed E-state index contributed by atoms with van der Waals surface area (Å²) in [5.41, 5.74) is 6.04. The van der Waals surface area contributed by atoms with Crippen LogP contribution in [0.1, 0.15) is 0 Å². The molecule has 0 atom stereocenters. The zero-order valence-electron chi connectivity index (χ0n) is 20.7. The van der Waals surface area contributed by atoms with E-state index in [4.69, 9.17) is 4.98 Å². The lowest BCUT2D eigenvalue weighted by Crippen LogP contribution is -2.04. The van der Waals surface area contributed by atoms with Gasteiger partial charge in [0.25, 0.3) is 0 Å². The zero-order chi connectivity index (χ0) is 25.9. The maximum Gasteiger partial charge on any atom is 0.238 e. The van der Waals surface area contributed by atoms with Crippen LogP contribution in [0.5, 0.6) is 0 Å². The molecule has 0 unspecified atom stereocenters. The van der Waals surface area contributed by atoms with Crippen LogP contribution < -0.4 is 0 Å². The third-order valence-corrected chi connectivity index (χ3v) is 7.34. The smallest absolute Gasteiger partial charge is 0.238 e. The van der Waals surface area contributed by atoms with Crippen LogP contribution in [0.4, 0.5) is 4.39 Å². The van der Waals surface area contributed by atoms with E-state index in [1.54, 1.807) is 12.1 Å². The Morgan fingerprint density at radius 2 is 1.10 bits per heavy atom. The summed E-state index contributed by atoms with van der Waals surface area (Å²) in [4.78, 5) is 13.9. The number of fused-ring (bicyclic) bond motifs is 7. The summed E-state index contributed by atoms with van der Waals surface area (Å²) in [6, 6.07) is 37.9. The molecule has 6 heteroatoms. The summed E-state index contributed by atoms with van der Waals surface area (Å²) in [6.07, 6.45) is 1.52. The first-order valence-electron chi connectivity index (χ1n) is 12.7. The highest BCUT2D eigenvalue weighted by Gasteiger charge is 2.22. The number of rotatable bonds is 3. The van der Waals surface area contributed by atoms with Crippen LogP contribution in [0.25, 0.3) is 66.6 Å². The predicted octanol–water partition coefficient (Wildman–Crippen LogP) is 7.87. The van der Waals surface area contributed by atoms with Crippen molar-refractivity contribution in [2.24, 2.45) is 0 Å². The van der Waals surface area contributed by atoms with Crippen molar-refractivity contribution in [1.82, 2.24) is 24.1 Å². The molecule has 0 bridgehead atoms. The molecule has 0 aliphatic heterocycles. The second kappa shape index (κ2) is 8.33. The number of aromatic nitrogens is 5. The van der Waals surface area contributed by atoms with Gasteiger partial charge in [-0.3, -0.25) is 4.57 Å². The standard InChI is InChI=1S/C33H20FN5/c34-22-16-14-21(15-17-22)32-35-20-36-33(37-32)39-29-13-7-5-11-25(29)27-19-18-26-24-10-4-6-12-28(24)38(30(26)31(27)39)23-8-2-1-3-9-23/h1-20H. The molecule has 0 spiro atoms. The fourth-order valence-electron chi connectivity index (χ4n) is 5.69. The number of hydrogen-bond acceptors (Lipinski definition) is 3. The lowest BCUT2D eigenvalue weighted by molar-refractivity contribution is 0.628. The quantitative estimate of drug-likeness (QED) is 0.245. The molecule has 3 aromatic heterocycles. The van der Waals surface area contributed by atoms with Gasteiger partial charge in [0.15, 0.2) is 5.82 Å². The van der Waals surface area contributed by atoms with Crippen LogP contribution in [0, 0.1) is 5.82 Å². The van der Waals surface area contributed by atoms with Gasteiger partial charge in [-0.2, -0.15) is 4.98 Å². The minimum atomic E-state index is -0.299. The maximum absolute atomic E-state index is 13.6. The van der Waals surface area contributed by atoms with Gasteiger partial charge in [-0.15, -0.1) is 0 Å². The highest BCUT2D eigenvalue weighted by Crippen LogP contribution is 2.41. The Morgan fingerprint density at radius 1 is 0.513 bits per heavy atom. The van der Waals surface area contributed by atoms with E-state index >= 15 is 0 Å². The molecular formula is C33H20FN5. The summed E-state index contributed by atoms with van der Waals surface area (Å²) in [6.45, 7) is 0. The Balaban J connectivity index is 1.55. The van der Waals surface area contributed by atoms with Gasteiger partial charge in [0.2, 0.25) is 5.95 Å². The van der Waals surface area contributed by atoms with Gasteiger partial charge in [-0.1, -0.05) is 66.7 Å². The van der Waals surface area contributed by atoms with Gasteiger partial charge in [0.1, 0.15) is 12.1 Å². The van der Waals surface area contributed by atoms with Crippen molar-refractivity contribution >= 4 is 43.6 Å². The number of benzene rings is 5. The van der Waals surface area contributed by atoms with Crippen molar-refractivity contribution in [3.05, 3.63) is 127 Å². The van der Waals surface area contributed by atoms with Crippen molar-refractivity contribution in [3.63, 3.8) is 0 Å². The van der Waals surface area contributed by atoms with E-state index in [1.807, 2.05) is 12.1 Å². The fraction of sp³-hybridized carbons (Fsp3) is 0. The maximum atomic E-state index is 13.6. The number of para-hydroxylation sites is 3. The summed E-state index contributed by atoms with van der Waals surface area (Å²) in [5, 5.41) is 4.56. The van der Waals surface area contributed by atoms with Gasteiger partial charge in [-0.25, -0.2) is 14.4 Å². The lowest BCUT2D eigenvalue weighted by Gasteiger charge is -2.11. The highest BCUT2D eigenvalue weighted by atomic mass is 19.1. The summed E-state index contributed by atoms with van der Waals surface area (Å²) < 4.78 is 18.1. The highest BCUT2D eigenvalue weighted by molar-refractivity contribution is 6.23. The SMILES string of the molecule is Fc1ccc(-c2ncnc(-n3c4ccccc4c4ccc5c6ccccc6n(-c6ccccc6)c5c43)n2)cc1. The first-order chi connectivity index (χ1) is 19.3. The van der Waals surface area contributed by atoms with Crippen molar-refractivity contribution in [1.29, 1.82) is 0 Å². The van der Waals surface area contributed by atoms with Gasteiger partial charge in [0, 0.05) is 32.8 Å². The minimum Gasteiger partial charge on any atom is -0.307 e. The topological polar surface area (TPSA) is 48.5 Å².